The number of nitriles is 2. The first kappa shape index (κ1) is 64.3. The van der Waals surface area contributed by atoms with Crippen molar-refractivity contribution < 1.29 is 4.39 Å². The number of hydrogen-bond donors (Lipinski definition) is 0. The fourth-order valence-corrected chi connectivity index (χ4v) is 15.5. The molecule has 3 heterocycles. The molecule has 12 rings (SSSR count). The molecule has 0 aliphatic rings. The minimum absolute atomic E-state index is 0.318. The number of nitrogens with zero attached hydrogens (tertiary/aromatic N) is 6. The number of benzene rings is 9. The van der Waals surface area contributed by atoms with E-state index >= 15 is 4.39 Å². The van der Waals surface area contributed by atoms with Crippen molar-refractivity contribution in [2.45, 2.75) is 104 Å². The number of hydrogen-bond acceptors (Lipinski definition) is 9. The molecule has 0 radical (unpaired) electrons. The van der Waals surface area contributed by atoms with E-state index in [1.807, 2.05) is 97.1 Å². The molecule has 9 aromatic carbocycles. The molecule has 0 bridgehead atoms. The quantitative estimate of drug-likeness (QED) is 0.0276. The van der Waals surface area contributed by atoms with Gasteiger partial charge in [0.2, 0.25) is 0 Å². The Morgan fingerprint density at radius 1 is 0.415 bits per heavy atom. The zero-order valence-corrected chi connectivity index (χ0v) is 55.8. The molecule has 0 unspecified atom stereocenters. The van der Waals surface area contributed by atoms with E-state index in [0.717, 1.165) is 143 Å². The molecule has 0 fully saturated rings. The minimum Gasteiger partial charge on any atom is -0.311 e. The molecule has 0 aliphatic carbocycles. The first-order valence-electron chi connectivity index (χ1n) is 33.0. The number of anilines is 6. The molecule has 466 valence electrons. The van der Waals surface area contributed by atoms with Crippen LogP contribution >= 0.6 is 34.4 Å². The summed E-state index contributed by atoms with van der Waals surface area (Å²) in [5, 5.41) is 21.2. The van der Waals surface area contributed by atoms with Gasteiger partial charge in [0.25, 0.3) is 0 Å². The largest absolute Gasteiger partial charge is 0.311 e. The third-order valence-electron chi connectivity index (χ3n) is 17.4. The summed E-state index contributed by atoms with van der Waals surface area (Å²) in [5.74, 6) is -0.318. The van der Waals surface area contributed by atoms with Crippen LogP contribution < -0.4 is 9.80 Å². The van der Waals surface area contributed by atoms with Crippen LogP contribution in [0.1, 0.15) is 124 Å². The molecular formula is C84H75FN6S3. The molecule has 12 aromatic rings. The smallest absolute Gasteiger partial charge is 0.134 e. The van der Waals surface area contributed by atoms with Crippen LogP contribution in [-0.4, -0.2) is 8.75 Å². The maximum Gasteiger partial charge on any atom is 0.134 e. The van der Waals surface area contributed by atoms with Gasteiger partial charge in [-0.25, -0.2) is 4.39 Å². The van der Waals surface area contributed by atoms with Gasteiger partial charge in [0, 0.05) is 59.2 Å². The van der Waals surface area contributed by atoms with Gasteiger partial charge in [0.05, 0.1) is 40.6 Å². The normalized spacial score (nSPS) is 11.6. The molecule has 94 heavy (non-hydrogen) atoms. The monoisotopic (exact) mass is 1280 g/mol. The van der Waals surface area contributed by atoms with Gasteiger partial charge < -0.3 is 9.80 Å². The van der Waals surface area contributed by atoms with Gasteiger partial charge >= 0.3 is 0 Å². The van der Waals surface area contributed by atoms with Crippen molar-refractivity contribution in [3.8, 4) is 53.9 Å². The Bertz CT molecular complexity index is 4500. The second kappa shape index (κ2) is 31.7. The maximum atomic E-state index is 17.5. The standard InChI is InChI=1S/C84H75FN6S3/c1-3-5-7-9-11-17-27-66-55-78(92-83(66)64-45-41-62(42-46-64)68(58-86)53-60-37-49-74(50-38-60)90(70-29-19-13-20-30-70)71-31-21-14-22-32-71)76-57-77(85)80(82-81(76)88-94-89-82)79-56-67(28-18-12-10-8-6-4-2)84(93-79)65-47-43-63(44-48-65)69(59-87)54-61-39-51-75(52-40-61)91(72-33-23-15-24-34-72)73-35-25-16-26-36-73/h13-16,19-26,29-57H,3-12,17-18,27-28H2,1-2H3/b68-53+,69-54-. The molecule has 0 N–H and O–H groups in total. The van der Waals surface area contributed by atoms with Crippen molar-refractivity contribution >= 4 is 103 Å². The molecule has 10 heteroatoms. The number of halogens is 1. The van der Waals surface area contributed by atoms with E-state index in [9.17, 15) is 10.5 Å². The molecule has 0 saturated carbocycles. The van der Waals surface area contributed by atoms with Crippen LogP contribution in [0, 0.1) is 28.5 Å². The van der Waals surface area contributed by atoms with E-state index in [2.05, 4.69) is 181 Å². The van der Waals surface area contributed by atoms with Crippen molar-refractivity contribution in [2.24, 2.45) is 0 Å². The zero-order chi connectivity index (χ0) is 64.4. The summed E-state index contributed by atoms with van der Waals surface area (Å²) in [6.07, 6.45) is 19.8. The predicted molar refractivity (Wildman–Crippen MR) is 398 cm³/mol. The molecule has 0 spiro atoms. The average molecular weight is 1280 g/mol. The molecular weight excluding hydrogens is 1210 g/mol. The Morgan fingerprint density at radius 2 is 0.777 bits per heavy atom. The molecule has 0 saturated heterocycles. The van der Waals surface area contributed by atoms with Gasteiger partial charge in [0.1, 0.15) is 16.9 Å². The molecule has 3 aromatic heterocycles. The highest BCUT2D eigenvalue weighted by Gasteiger charge is 2.25. The van der Waals surface area contributed by atoms with Crippen molar-refractivity contribution in [1.82, 2.24) is 8.75 Å². The lowest BCUT2D eigenvalue weighted by molar-refractivity contribution is 0.608. The van der Waals surface area contributed by atoms with Crippen molar-refractivity contribution in [1.29, 1.82) is 10.5 Å². The van der Waals surface area contributed by atoms with E-state index in [1.54, 1.807) is 28.7 Å². The Labute approximate surface area is 565 Å². The lowest BCUT2D eigenvalue weighted by Gasteiger charge is -2.25. The number of rotatable bonds is 28. The van der Waals surface area contributed by atoms with E-state index in [0.29, 0.717) is 27.7 Å². The third kappa shape index (κ3) is 15.3. The van der Waals surface area contributed by atoms with E-state index in [-0.39, 0.29) is 5.82 Å². The van der Waals surface area contributed by atoms with Crippen LogP contribution in [0.3, 0.4) is 0 Å². The fourth-order valence-electron chi connectivity index (χ4n) is 12.4. The summed E-state index contributed by atoms with van der Waals surface area (Å²) < 4.78 is 27.3. The summed E-state index contributed by atoms with van der Waals surface area (Å²) >= 11 is 4.42. The Balaban J connectivity index is 0.822. The zero-order valence-electron chi connectivity index (χ0n) is 53.4. The second-order valence-electron chi connectivity index (χ2n) is 23.9. The van der Waals surface area contributed by atoms with Gasteiger partial charge in [-0.3, -0.25) is 0 Å². The first-order valence-corrected chi connectivity index (χ1v) is 35.4. The number of aromatic nitrogens is 2. The number of para-hydroxylation sites is 4. The minimum atomic E-state index is -0.318. The lowest BCUT2D eigenvalue weighted by atomic mass is 9.98. The molecule has 6 nitrogen and oxygen atoms in total. The van der Waals surface area contributed by atoms with Gasteiger partial charge in [-0.05, 0) is 173 Å². The Kier molecular flexibility index (Phi) is 21.7. The summed E-state index contributed by atoms with van der Waals surface area (Å²) in [6, 6.07) is 85.8. The summed E-state index contributed by atoms with van der Waals surface area (Å²) in [7, 11) is 0. The summed E-state index contributed by atoms with van der Waals surface area (Å²) in [4.78, 5) is 8.49. The van der Waals surface area contributed by atoms with Gasteiger partial charge in [-0.2, -0.15) is 19.3 Å². The van der Waals surface area contributed by atoms with Crippen molar-refractivity contribution in [3.05, 3.63) is 276 Å². The highest BCUT2D eigenvalue weighted by molar-refractivity contribution is 7.19. The highest BCUT2D eigenvalue weighted by Crippen LogP contribution is 2.48. The number of allylic oxidation sites excluding steroid dienone is 2. The van der Waals surface area contributed by atoms with Crippen LogP contribution in [-0.2, 0) is 12.8 Å². The number of fused-ring (bicyclic) bond motifs is 1. The summed E-state index contributed by atoms with van der Waals surface area (Å²) in [6.45, 7) is 4.50. The van der Waals surface area contributed by atoms with Crippen molar-refractivity contribution in [3.63, 3.8) is 0 Å². The molecule has 0 atom stereocenters. The van der Waals surface area contributed by atoms with Gasteiger partial charge in [0.15, 0.2) is 0 Å². The SMILES string of the molecule is CCCCCCCCc1cc(-c2cc(F)c(-c3cc(CCCCCCCC)c(-c4ccc(/C(C#N)=C\c5ccc(N(c6ccccc6)c6ccccc6)cc5)cc4)s3)c3nsnc23)sc1-c1ccc(/C(C#N)=C/c2ccc(N(c3ccccc3)c3ccccc3)cc2)cc1. The summed E-state index contributed by atoms with van der Waals surface area (Å²) in [5.41, 5.74) is 18.0. The lowest BCUT2D eigenvalue weighted by Crippen LogP contribution is -2.09. The van der Waals surface area contributed by atoms with Crippen LogP contribution in [0.2, 0.25) is 0 Å². The van der Waals surface area contributed by atoms with E-state index in [4.69, 9.17) is 8.75 Å². The van der Waals surface area contributed by atoms with Crippen molar-refractivity contribution in [2.75, 3.05) is 9.80 Å². The topological polar surface area (TPSA) is 79.8 Å². The number of unbranched alkanes of at least 4 members (excludes halogenated alkanes) is 10. The molecule has 0 aliphatic heterocycles. The van der Waals surface area contributed by atoms with Gasteiger partial charge in [-0.15, -0.1) is 22.7 Å². The van der Waals surface area contributed by atoms with E-state index in [1.165, 1.54) is 62.5 Å². The van der Waals surface area contributed by atoms with Crippen LogP contribution in [0.25, 0.3) is 76.1 Å². The Hall–Kier alpha value is -9.81. The number of thiophene rings is 2. The maximum absolute atomic E-state index is 17.5. The second-order valence-corrected chi connectivity index (χ2v) is 26.5. The third-order valence-corrected chi connectivity index (χ3v) is 20.4. The molecule has 0 amide bonds. The predicted octanol–water partition coefficient (Wildman–Crippen LogP) is 25.5. The average Bonchev–Trinajstić information content (AvgIpc) is 1.59. The highest BCUT2D eigenvalue weighted by atomic mass is 32.1. The van der Waals surface area contributed by atoms with Crippen LogP contribution in [0.15, 0.2) is 237 Å². The van der Waals surface area contributed by atoms with Gasteiger partial charge in [-0.1, -0.05) is 224 Å². The Morgan fingerprint density at radius 3 is 1.18 bits per heavy atom. The number of aryl methyl sites for hydroxylation is 2. The van der Waals surface area contributed by atoms with E-state index < -0.39 is 0 Å². The van der Waals surface area contributed by atoms with Crippen LogP contribution in [0.5, 0.6) is 0 Å². The fraction of sp³-hybridized carbons (Fsp3) is 0.190. The first-order chi connectivity index (χ1) is 46.4. The van der Waals surface area contributed by atoms with Crippen LogP contribution in [0.4, 0.5) is 38.5 Å².